The number of imide groups is 2. The molecule has 58 heavy (non-hydrogen) atoms. The summed E-state index contributed by atoms with van der Waals surface area (Å²) < 4.78 is 19.4. The molecule has 1 atom stereocenters. The number of unbranched alkanes of at least 4 members (excludes halogenated alkanes) is 2. The predicted molar refractivity (Wildman–Crippen MR) is 213 cm³/mol. The topological polar surface area (TPSA) is 166 Å². The van der Waals surface area contributed by atoms with Crippen LogP contribution in [0.4, 0.5) is 0 Å². The third-order valence-electron chi connectivity index (χ3n) is 12.6. The normalized spacial score (nSPS) is 22.1. The summed E-state index contributed by atoms with van der Waals surface area (Å²) in [6, 6.07) is 9.62. The van der Waals surface area contributed by atoms with Crippen molar-refractivity contribution in [3.05, 3.63) is 82.0 Å². The van der Waals surface area contributed by atoms with Crippen LogP contribution in [0, 0.1) is 5.41 Å². The van der Waals surface area contributed by atoms with Crippen molar-refractivity contribution in [2.45, 2.75) is 82.3 Å². The van der Waals surface area contributed by atoms with Crippen LogP contribution in [0.25, 0.3) is 21.9 Å². The lowest BCUT2D eigenvalue weighted by molar-refractivity contribution is -0.218. The molecule has 0 radical (unpaired) electrons. The molecule has 5 aliphatic rings. The molecule has 1 saturated heterocycles. The second-order valence-electron chi connectivity index (χ2n) is 16.4. The first kappa shape index (κ1) is 39.0. The van der Waals surface area contributed by atoms with Crippen LogP contribution in [0.2, 0.25) is 0 Å². The Labute approximate surface area is 335 Å². The summed E-state index contributed by atoms with van der Waals surface area (Å²) in [5.41, 5.74) is 2.99. The van der Waals surface area contributed by atoms with Crippen molar-refractivity contribution in [2.24, 2.45) is 12.5 Å². The molecule has 14 nitrogen and oxygen atoms in total. The number of amides is 4. The standard InChI is InChI=1S/C44H47N5O9/c1-47-21-31(28-14-15-45-20-30(28)40(47)53)26-17-35(56-3)32(36(18-26)57-4)22-48(2)44-23-43(24-44,25-44)19-27(50)9-6-5-7-16-58-34-11-8-10-29-38(34)42(55)49(41(29)54)33-12-13-37(51)46-39(33)52/h8,10-11,14-15,17-18,20-21,33H,5-7,9,12-13,16,19,22-25H2,1-4H3,(H,46,51,52). The van der Waals surface area contributed by atoms with Gasteiger partial charge < -0.3 is 18.8 Å². The van der Waals surface area contributed by atoms with E-state index in [0.717, 1.165) is 59.1 Å². The van der Waals surface area contributed by atoms with Gasteiger partial charge in [-0.05, 0) is 98.7 Å². The maximum absolute atomic E-state index is 13.3. The van der Waals surface area contributed by atoms with Gasteiger partial charge in [-0.1, -0.05) is 6.07 Å². The summed E-state index contributed by atoms with van der Waals surface area (Å²) in [4.78, 5) is 83.8. The van der Waals surface area contributed by atoms with E-state index < -0.39 is 29.7 Å². The first-order valence-corrected chi connectivity index (χ1v) is 19.8. The quantitative estimate of drug-likeness (QED) is 0.120. The second-order valence-corrected chi connectivity index (χ2v) is 16.4. The van der Waals surface area contributed by atoms with Crippen molar-refractivity contribution in [1.29, 1.82) is 0 Å². The van der Waals surface area contributed by atoms with E-state index in [4.69, 9.17) is 14.2 Å². The number of Topliss-reactive ketones (excluding diaryl/α,β-unsaturated/α-hetero) is 1. The first-order valence-electron chi connectivity index (χ1n) is 19.8. The monoisotopic (exact) mass is 789 g/mol. The Hall–Kier alpha value is -5.89. The highest BCUT2D eigenvalue weighted by Crippen LogP contribution is 2.71. The fraction of sp³-hybridized carbons (Fsp3) is 0.432. The van der Waals surface area contributed by atoms with Gasteiger partial charge in [0.2, 0.25) is 11.8 Å². The van der Waals surface area contributed by atoms with E-state index in [2.05, 4.69) is 22.2 Å². The third-order valence-corrected chi connectivity index (χ3v) is 12.6. The van der Waals surface area contributed by atoms with Crippen LogP contribution in [-0.2, 0) is 28.0 Å². The van der Waals surface area contributed by atoms with Crippen molar-refractivity contribution in [3.8, 4) is 28.4 Å². The lowest BCUT2D eigenvalue weighted by Crippen LogP contribution is -2.73. The zero-order valence-corrected chi connectivity index (χ0v) is 33.2. The molecule has 3 aliphatic carbocycles. The number of piperidine rings is 1. The Morgan fingerprint density at radius 1 is 0.931 bits per heavy atom. The Balaban J connectivity index is 0.807. The lowest BCUT2D eigenvalue weighted by atomic mass is 9.37. The number of hydrogen-bond donors (Lipinski definition) is 1. The molecule has 4 heterocycles. The Morgan fingerprint density at radius 3 is 2.38 bits per heavy atom. The minimum absolute atomic E-state index is 0.0374. The van der Waals surface area contributed by atoms with Crippen LogP contribution in [0.3, 0.4) is 0 Å². The number of nitrogens with one attached hydrogen (secondary N) is 1. The fourth-order valence-electron chi connectivity index (χ4n) is 9.67. The molecule has 3 saturated carbocycles. The van der Waals surface area contributed by atoms with Gasteiger partial charge in [0, 0.05) is 62.5 Å². The Kier molecular flexibility index (Phi) is 10.2. The van der Waals surface area contributed by atoms with Crippen LogP contribution < -0.4 is 25.1 Å². The van der Waals surface area contributed by atoms with Crippen molar-refractivity contribution in [1.82, 2.24) is 24.7 Å². The average molecular weight is 790 g/mol. The van der Waals surface area contributed by atoms with Crippen LogP contribution in [0.15, 0.2) is 59.8 Å². The van der Waals surface area contributed by atoms with E-state index in [1.54, 1.807) is 50.4 Å². The third kappa shape index (κ3) is 6.72. The molecular weight excluding hydrogens is 743 g/mol. The van der Waals surface area contributed by atoms with E-state index >= 15 is 0 Å². The van der Waals surface area contributed by atoms with Crippen molar-refractivity contribution >= 4 is 40.2 Å². The molecule has 2 aliphatic heterocycles. The Bertz CT molecular complexity index is 2390. The number of ether oxygens (including phenoxy) is 3. The van der Waals surface area contributed by atoms with Gasteiger partial charge in [-0.3, -0.25) is 48.9 Å². The van der Waals surface area contributed by atoms with Crippen LogP contribution in [0.5, 0.6) is 17.2 Å². The average Bonchev–Trinajstić information content (AvgIpc) is 3.44. The molecular formula is C44H47N5O9. The predicted octanol–water partition coefficient (Wildman–Crippen LogP) is 4.97. The number of aromatic nitrogens is 2. The summed E-state index contributed by atoms with van der Waals surface area (Å²) in [7, 11) is 7.16. The lowest BCUT2D eigenvalue weighted by Gasteiger charge is -2.74. The van der Waals surface area contributed by atoms with E-state index in [1.807, 2.05) is 24.4 Å². The van der Waals surface area contributed by atoms with Gasteiger partial charge in [0.05, 0.1) is 42.9 Å². The van der Waals surface area contributed by atoms with Gasteiger partial charge in [0.1, 0.15) is 29.1 Å². The van der Waals surface area contributed by atoms with Gasteiger partial charge in [-0.2, -0.15) is 0 Å². The largest absolute Gasteiger partial charge is 0.496 e. The first-order chi connectivity index (χ1) is 27.9. The highest BCUT2D eigenvalue weighted by molar-refractivity contribution is 6.24. The number of aryl methyl sites for hydroxylation is 1. The molecule has 4 fully saturated rings. The van der Waals surface area contributed by atoms with Gasteiger partial charge in [-0.15, -0.1) is 0 Å². The summed E-state index contributed by atoms with van der Waals surface area (Å²) >= 11 is 0. The number of nitrogens with zero attached hydrogens (tertiary/aromatic N) is 4. The molecule has 1 N–H and O–H groups in total. The summed E-state index contributed by atoms with van der Waals surface area (Å²) in [5, 5.41) is 3.56. The van der Waals surface area contributed by atoms with E-state index in [1.165, 1.54) is 6.07 Å². The zero-order chi connectivity index (χ0) is 40.9. The second kappa shape index (κ2) is 15.1. The number of pyridine rings is 2. The van der Waals surface area contributed by atoms with Gasteiger partial charge in [0.25, 0.3) is 17.4 Å². The summed E-state index contributed by atoms with van der Waals surface area (Å²) in [6.45, 7) is 0.925. The Morgan fingerprint density at radius 2 is 1.67 bits per heavy atom. The van der Waals surface area contributed by atoms with Gasteiger partial charge in [0.15, 0.2) is 0 Å². The van der Waals surface area contributed by atoms with Crippen molar-refractivity contribution < 1.29 is 38.2 Å². The van der Waals surface area contributed by atoms with E-state index in [9.17, 15) is 28.8 Å². The number of benzene rings is 2. The van der Waals surface area contributed by atoms with Gasteiger partial charge in [-0.25, -0.2) is 0 Å². The molecule has 302 valence electrons. The molecule has 9 rings (SSSR count). The zero-order valence-electron chi connectivity index (χ0n) is 33.2. The number of fused-ring (bicyclic) bond motifs is 2. The van der Waals surface area contributed by atoms with Gasteiger partial charge >= 0.3 is 0 Å². The highest BCUT2D eigenvalue weighted by atomic mass is 16.5. The maximum Gasteiger partial charge on any atom is 0.266 e. The van der Waals surface area contributed by atoms with Crippen LogP contribution in [-0.4, -0.2) is 88.2 Å². The molecule has 0 spiro atoms. The minimum Gasteiger partial charge on any atom is -0.496 e. The SMILES string of the molecule is COc1cc(-c2cn(C)c(=O)c3cnccc23)cc(OC)c1CN(C)C12CC(CC(=O)CCCCCOc3cccc4c3C(=O)N(C3CCC(=O)NC3=O)C4=O)(C1)C2. The van der Waals surface area contributed by atoms with Crippen molar-refractivity contribution in [3.63, 3.8) is 0 Å². The number of carbonyl (C=O) groups excluding carboxylic acids is 5. The number of rotatable bonds is 16. The number of ketones is 1. The smallest absolute Gasteiger partial charge is 0.266 e. The highest BCUT2D eigenvalue weighted by Gasteiger charge is 2.69. The van der Waals surface area contributed by atoms with Crippen molar-refractivity contribution in [2.75, 3.05) is 27.9 Å². The molecule has 2 aromatic heterocycles. The van der Waals surface area contributed by atoms with Crippen LogP contribution in [0.1, 0.15) is 90.5 Å². The number of methoxy groups -OCH3 is 2. The number of carbonyl (C=O) groups is 5. The minimum atomic E-state index is -1.04. The molecule has 2 bridgehead atoms. The summed E-state index contributed by atoms with van der Waals surface area (Å²) in [5.74, 6) is -0.292. The maximum atomic E-state index is 13.3. The molecule has 4 amide bonds. The van der Waals surface area contributed by atoms with Crippen LogP contribution >= 0.6 is 0 Å². The summed E-state index contributed by atoms with van der Waals surface area (Å²) in [6.07, 6.45) is 11.4. The molecule has 14 heteroatoms. The molecule has 2 aromatic carbocycles. The molecule has 1 unspecified atom stereocenters. The van der Waals surface area contributed by atoms with E-state index in [0.29, 0.717) is 49.3 Å². The number of hydrogen-bond acceptors (Lipinski definition) is 11. The molecule has 4 aromatic rings. The fourth-order valence-corrected chi connectivity index (χ4v) is 9.67. The van der Waals surface area contributed by atoms with E-state index in [-0.39, 0.29) is 52.0 Å².